The first kappa shape index (κ1) is 19.8. The largest absolute Gasteiger partial charge is 0.354 e. The molecule has 0 aromatic carbocycles. The summed E-state index contributed by atoms with van der Waals surface area (Å²) in [6, 6.07) is 1.35. The zero-order valence-corrected chi connectivity index (χ0v) is 17.5. The molecule has 0 bridgehead atoms. The van der Waals surface area contributed by atoms with E-state index in [0.29, 0.717) is 32.6 Å². The lowest BCUT2D eigenvalue weighted by atomic mass is 10.0. The van der Waals surface area contributed by atoms with Crippen molar-refractivity contribution < 1.29 is 18.0 Å². The molecule has 1 aliphatic carbocycles. The minimum absolute atomic E-state index is 0.0132. The van der Waals surface area contributed by atoms with E-state index >= 15 is 0 Å². The molecular weight excluding hydrogens is 400 g/mol. The SMILES string of the molecule is CS(=O)(=O)N[C@H]1C[C@H]2CN(Cc3ccsc3)[C@@H](CNC(=O)C3CC3)C(=O)N2C1. The zero-order valence-electron chi connectivity index (χ0n) is 15.8. The topological polar surface area (TPSA) is 98.8 Å². The van der Waals surface area contributed by atoms with Gasteiger partial charge in [-0.15, -0.1) is 0 Å². The molecule has 4 rings (SSSR count). The van der Waals surface area contributed by atoms with Crippen LogP contribution in [0.15, 0.2) is 16.8 Å². The van der Waals surface area contributed by atoms with Gasteiger partial charge in [-0.1, -0.05) is 0 Å². The number of rotatable bonds is 7. The van der Waals surface area contributed by atoms with Gasteiger partial charge in [0.2, 0.25) is 21.8 Å². The number of nitrogens with one attached hydrogen (secondary N) is 2. The van der Waals surface area contributed by atoms with E-state index < -0.39 is 16.1 Å². The molecule has 2 N–H and O–H groups in total. The Balaban J connectivity index is 1.48. The average Bonchev–Trinajstić information content (AvgIpc) is 3.20. The van der Waals surface area contributed by atoms with Crippen molar-refractivity contribution in [2.45, 2.75) is 43.9 Å². The number of thiophene rings is 1. The van der Waals surface area contributed by atoms with Gasteiger partial charge < -0.3 is 10.2 Å². The molecular formula is C18H26N4O4S2. The Morgan fingerprint density at radius 2 is 2.11 bits per heavy atom. The fourth-order valence-electron chi connectivity index (χ4n) is 4.19. The van der Waals surface area contributed by atoms with Crippen LogP contribution < -0.4 is 10.0 Å². The first-order chi connectivity index (χ1) is 13.3. The van der Waals surface area contributed by atoms with Gasteiger partial charge in [0, 0.05) is 44.2 Å². The molecule has 10 heteroatoms. The van der Waals surface area contributed by atoms with Crippen LogP contribution in [0.1, 0.15) is 24.8 Å². The van der Waals surface area contributed by atoms with Crippen LogP contribution in [0.4, 0.5) is 0 Å². The lowest BCUT2D eigenvalue weighted by Gasteiger charge is -2.42. The fraction of sp³-hybridized carbons (Fsp3) is 0.667. The van der Waals surface area contributed by atoms with Crippen molar-refractivity contribution >= 4 is 33.2 Å². The van der Waals surface area contributed by atoms with Crippen molar-refractivity contribution in [3.8, 4) is 0 Å². The van der Waals surface area contributed by atoms with Gasteiger partial charge in [-0.05, 0) is 41.7 Å². The van der Waals surface area contributed by atoms with E-state index in [1.54, 1.807) is 16.2 Å². The van der Waals surface area contributed by atoms with Gasteiger partial charge in [0.1, 0.15) is 6.04 Å². The highest BCUT2D eigenvalue weighted by Gasteiger charge is 2.46. The first-order valence-corrected chi connectivity index (χ1v) is 12.4. The monoisotopic (exact) mass is 426 g/mol. The Hall–Kier alpha value is -1.49. The van der Waals surface area contributed by atoms with Crippen LogP contribution >= 0.6 is 11.3 Å². The normalized spacial score (nSPS) is 28.4. The maximum absolute atomic E-state index is 13.2. The molecule has 0 unspecified atom stereocenters. The van der Waals surface area contributed by atoms with E-state index in [4.69, 9.17) is 0 Å². The number of carbonyl (C=O) groups is 2. The smallest absolute Gasteiger partial charge is 0.242 e. The van der Waals surface area contributed by atoms with Gasteiger partial charge in [0.15, 0.2) is 0 Å². The molecule has 28 heavy (non-hydrogen) atoms. The summed E-state index contributed by atoms with van der Waals surface area (Å²) < 4.78 is 25.8. The second kappa shape index (κ2) is 7.74. The summed E-state index contributed by atoms with van der Waals surface area (Å²) in [6.07, 6.45) is 3.61. The number of carbonyl (C=O) groups excluding carboxylic acids is 2. The number of piperazine rings is 1. The first-order valence-electron chi connectivity index (χ1n) is 9.61. The Labute approximate surface area is 169 Å². The third-order valence-corrected chi connectivity index (χ3v) is 7.13. The standard InChI is InChI=1S/C18H26N4O4S2/c1-28(25,26)20-14-6-15-10-21(8-12-4-5-27-11-12)16(18(24)22(15)9-14)7-19-17(23)13-2-3-13/h4-5,11,13-16,20H,2-3,6-10H2,1H3,(H,19,23)/t14-,15-,16-/m0/s1. The molecule has 3 aliphatic rings. The molecule has 3 atom stereocenters. The van der Waals surface area contributed by atoms with Gasteiger partial charge >= 0.3 is 0 Å². The highest BCUT2D eigenvalue weighted by atomic mass is 32.2. The van der Waals surface area contributed by atoms with E-state index in [0.717, 1.165) is 24.7 Å². The molecule has 3 heterocycles. The van der Waals surface area contributed by atoms with E-state index in [1.165, 1.54) is 0 Å². The van der Waals surface area contributed by atoms with E-state index in [-0.39, 0.29) is 29.8 Å². The lowest BCUT2D eigenvalue weighted by Crippen LogP contribution is -2.62. The van der Waals surface area contributed by atoms with Crippen LogP contribution in [-0.4, -0.2) is 74.0 Å². The number of hydrogen-bond donors (Lipinski definition) is 2. The Bertz CT molecular complexity index is 838. The average molecular weight is 427 g/mol. The van der Waals surface area contributed by atoms with Crippen molar-refractivity contribution in [3.05, 3.63) is 22.4 Å². The minimum atomic E-state index is -3.32. The summed E-state index contributed by atoms with van der Waals surface area (Å²) in [4.78, 5) is 29.2. The number of sulfonamides is 1. The highest BCUT2D eigenvalue weighted by molar-refractivity contribution is 7.88. The van der Waals surface area contributed by atoms with Gasteiger partial charge in [-0.3, -0.25) is 14.5 Å². The fourth-order valence-corrected chi connectivity index (χ4v) is 5.62. The van der Waals surface area contributed by atoms with Crippen LogP contribution in [0, 0.1) is 5.92 Å². The molecule has 2 saturated heterocycles. The summed E-state index contributed by atoms with van der Waals surface area (Å²) in [7, 11) is -3.32. The zero-order chi connectivity index (χ0) is 19.9. The number of amides is 2. The molecule has 0 radical (unpaired) electrons. The molecule has 0 spiro atoms. The number of hydrogen-bond acceptors (Lipinski definition) is 6. The third-order valence-electron chi connectivity index (χ3n) is 5.63. The summed E-state index contributed by atoms with van der Waals surface area (Å²) in [5, 5.41) is 7.03. The van der Waals surface area contributed by atoms with Crippen molar-refractivity contribution in [2.24, 2.45) is 5.92 Å². The predicted octanol–water partition coefficient (Wildman–Crippen LogP) is -0.0228. The van der Waals surface area contributed by atoms with Gasteiger partial charge in [0.25, 0.3) is 0 Å². The Morgan fingerprint density at radius 3 is 2.75 bits per heavy atom. The lowest BCUT2D eigenvalue weighted by molar-refractivity contribution is -0.144. The van der Waals surface area contributed by atoms with Gasteiger partial charge in [-0.25, -0.2) is 13.1 Å². The molecule has 3 fully saturated rings. The van der Waals surface area contributed by atoms with Crippen molar-refractivity contribution in [1.29, 1.82) is 0 Å². The van der Waals surface area contributed by atoms with Crippen molar-refractivity contribution in [1.82, 2.24) is 19.8 Å². The van der Waals surface area contributed by atoms with E-state index in [2.05, 4.69) is 20.3 Å². The third kappa shape index (κ3) is 4.56. The van der Waals surface area contributed by atoms with Crippen LogP contribution in [0.3, 0.4) is 0 Å². The maximum atomic E-state index is 13.2. The Morgan fingerprint density at radius 1 is 1.32 bits per heavy atom. The molecule has 8 nitrogen and oxygen atoms in total. The van der Waals surface area contributed by atoms with E-state index in [9.17, 15) is 18.0 Å². The summed E-state index contributed by atoms with van der Waals surface area (Å²) in [5.74, 6) is 0.107. The molecule has 154 valence electrons. The maximum Gasteiger partial charge on any atom is 0.242 e. The summed E-state index contributed by atoms with van der Waals surface area (Å²) in [5.41, 5.74) is 1.15. The van der Waals surface area contributed by atoms with Crippen LogP contribution in [0.5, 0.6) is 0 Å². The van der Waals surface area contributed by atoms with E-state index in [1.807, 2.05) is 11.4 Å². The number of nitrogens with zero attached hydrogens (tertiary/aromatic N) is 2. The minimum Gasteiger partial charge on any atom is -0.354 e. The highest BCUT2D eigenvalue weighted by Crippen LogP contribution is 2.30. The van der Waals surface area contributed by atoms with Crippen LogP contribution in [-0.2, 0) is 26.2 Å². The molecule has 1 aromatic heterocycles. The van der Waals surface area contributed by atoms with Crippen LogP contribution in [0.25, 0.3) is 0 Å². The van der Waals surface area contributed by atoms with Crippen molar-refractivity contribution in [2.75, 3.05) is 25.9 Å². The Kier molecular flexibility index (Phi) is 5.47. The molecule has 2 amide bonds. The van der Waals surface area contributed by atoms with Crippen molar-refractivity contribution in [3.63, 3.8) is 0 Å². The number of fused-ring (bicyclic) bond motifs is 1. The second-order valence-corrected chi connectivity index (χ2v) is 10.6. The van der Waals surface area contributed by atoms with Gasteiger partial charge in [0.05, 0.1) is 6.26 Å². The molecule has 1 aromatic rings. The predicted molar refractivity (Wildman–Crippen MR) is 106 cm³/mol. The molecule has 1 saturated carbocycles. The summed E-state index contributed by atoms with van der Waals surface area (Å²) >= 11 is 1.62. The second-order valence-electron chi connectivity index (χ2n) is 8.06. The van der Waals surface area contributed by atoms with Gasteiger partial charge in [-0.2, -0.15) is 11.3 Å². The molecule has 2 aliphatic heterocycles. The quantitative estimate of drug-likeness (QED) is 0.638. The summed E-state index contributed by atoms with van der Waals surface area (Å²) in [6.45, 7) is 2.00. The van der Waals surface area contributed by atoms with Crippen LogP contribution in [0.2, 0.25) is 0 Å².